The van der Waals surface area contributed by atoms with Gasteiger partial charge in [-0.25, -0.2) is 15.0 Å². The second kappa shape index (κ2) is 12.4. The number of para-hydroxylation sites is 1. The Morgan fingerprint density at radius 1 is 0.407 bits per heavy atom. The topological polar surface area (TPSA) is 54.8 Å². The van der Waals surface area contributed by atoms with E-state index in [2.05, 4.69) is 169 Å². The number of benzene rings is 8. The van der Waals surface area contributed by atoms with Gasteiger partial charge >= 0.3 is 0 Å². The third-order valence-electron chi connectivity index (χ3n) is 10.3. The highest BCUT2D eigenvalue weighted by molar-refractivity contribution is 8.00. The van der Waals surface area contributed by atoms with Crippen LogP contribution < -0.4 is 4.90 Å². The maximum atomic E-state index is 5.32. The Labute approximate surface area is 315 Å². The number of fused-ring (bicyclic) bond motifs is 6. The van der Waals surface area contributed by atoms with Crippen LogP contribution in [0.15, 0.2) is 186 Å². The zero-order valence-electron chi connectivity index (χ0n) is 28.9. The minimum atomic E-state index is 0.625. The molecule has 0 unspecified atom stereocenters. The first-order chi connectivity index (χ1) is 26.8. The molecule has 1 aliphatic rings. The summed E-state index contributed by atoms with van der Waals surface area (Å²) in [6, 6.07) is 59.6. The molecular weight excluding hydrogens is 679 g/mol. The van der Waals surface area contributed by atoms with Crippen LogP contribution >= 0.6 is 11.8 Å². The Kier molecular flexibility index (Phi) is 7.03. The van der Waals surface area contributed by atoms with Crippen LogP contribution in [0.4, 0.5) is 17.1 Å². The molecule has 2 aromatic heterocycles. The quantitative estimate of drug-likeness (QED) is 0.170. The molecule has 3 heterocycles. The SMILES string of the molecule is c1ccc2c(c1)Sc1c(-c3nc(-c4cccc5ccccc45)nc(-c4cccc5ccccc45)n3)cccc1N2c1c2ccccc2cc2cccnc12. The molecule has 54 heavy (non-hydrogen) atoms. The Morgan fingerprint density at radius 2 is 0.926 bits per heavy atom. The molecule has 252 valence electrons. The molecule has 0 N–H and O–H groups in total. The number of aromatic nitrogens is 4. The summed E-state index contributed by atoms with van der Waals surface area (Å²) >= 11 is 1.76. The van der Waals surface area contributed by atoms with E-state index in [1.54, 1.807) is 11.8 Å². The van der Waals surface area contributed by atoms with Crippen LogP contribution in [0.2, 0.25) is 0 Å². The fourth-order valence-electron chi connectivity index (χ4n) is 7.86. The largest absolute Gasteiger partial charge is 0.305 e. The lowest BCUT2D eigenvalue weighted by Gasteiger charge is -2.35. The van der Waals surface area contributed by atoms with Crippen molar-refractivity contribution in [1.82, 2.24) is 19.9 Å². The minimum Gasteiger partial charge on any atom is -0.305 e. The molecule has 0 saturated carbocycles. The molecular formula is C48H29N5S. The van der Waals surface area contributed by atoms with E-state index >= 15 is 0 Å². The summed E-state index contributed by atoms with van der Waals surface area (Å²) < 4.78 is 0. The Bertz CT molecular complexity index is 2960. The van der Waals surface area contributed by atoms with Gasteiger partial charge in [-0.3, -0.25) is 4.98 Å². The molecule has 0 fully saturated rings. The highest BCUT2D eigenvalue weighted by Gasteiger charge is 2.30. The van der Waals surface area contributed by atoms with Gasteiger partial charge < -0.3 is 4.90 Å². The molecule has 10 aromatic rings. The van der Waals surface area contributed by atoms with Crippen molar-refractivity contribution in [2.24, 2.45) is 0 Å². The van der Waals surface area contributed by atoms with Gasteiger partial charge in [-0.2, -0.15) is 0 Å². The van der Waals surface area contributed by atoms with Crippen LogP contribution in [0.5, 0.6) is 0 Å². The van der Waals surface area contributed by atoms with Gasteiger partial charge in [0.25, 0.3) is 0 Å². The number of hydrogen-bond acceptors (Lipinski definition) is 6. The van der Waals surface area contributed by atoms with Crippen LogP contribution in [-0.2, 0) is 0 Å². The standard InChI is InChI=1S/C48H29N5S/c1-4-19-34-30(13-1)16-9-22-37(34)46-50-47(38-23-10-17-31-14-2-5-20-35(31)38)52-48(51-46)39-24-11-26-41-45(39)54-42-27-8-7-25-40(42)53(41)44-36-21-6-3-15-32(36)29-33-18-12-28-49-43(33)44/h1-29H. The van der Waals surface area contributed by atoms with Crippen molar-refractivity contribution in [1.29, 1.82) is 0 Å². The van der Waals surface area contributed by atoms with Crippen molar-refractivity contribution in [3.63, 3.8) is 0 Å². The van der Waals surface area contributed by atoms with Gasteiger partial charge in [0.15, 0.2) is 17.5 Å². The minimum absolute atomic E-state index is 0.625. The van der Waals surface area contributed by atoms with Crippen LogP contribution in [-0.4, -0.2) is 19.9 Å². The van der Waals surface area contributed by atoms with Crippen molar-refractivity contribution in [2.45, 2.75) is 9.79 Å². The van der Waals surface area contributed by atoms with Gasteiger partial charge in [0.05, 0.1) is 22.6 Å². The van der Waals surface area contributed by atoms with Gasteiger partial charge in [0, 0.05) is 43.5 Å². The first-order valence-corrected chi connectivity index (χ1v) is 18.8. The van der Waals surface area contributed by atoms with E-state index in [1.807, 2.05) is 12.3 Å². The zero-order chi connectivity index (χ0) is 35.6. The first kappa shape index (κ1) is 30.7. The third kappa shape index (κ3) is 4.88. The van der Waals surface area contributed by atoms with E-state index in [1.165, 1.54) is 5.39 Å². The Morgan fingerprint density at radius 3 is 1.65 bits per heavy atom. The van der Waals surface area contributed by atoms with Crippen LogP contribution in [0.3, 0.4) is 0 Å². The van der Waals surface area contributed by atoms with Gasteiger partial charge in [-0.15, -0.1) is 0 Å². The lowest BCUT2D eigenvalue weighted by Crippen LogP contribution is -2.16. The van der Waals surface area contributed by atoms with Crippen LogP contribution in [0.1, 0.15) is 0 Å². The summed E-state index contributed by atoms with van der Waals surface area (Å²) in [5, 5.41) is 7.87. The average Bonchev–Trinajstić information content (AvgIpc) is 3.24. The average molecular weight is 708 g/mol. The van der Waals surface area contributed by atoms with E-state index in [0.29, 0.717) is 17.5 Å². The molecule has 6 heteroatoms. The van der Waals surface area contributed by atoms with Crippen molar-refractivity contribution in [3.8, 4) is 34.2 Å². The molecule has 1 aliphatic heterocycles. The number of rotatable bonds is 4. The molecule has 5 nitrogen and oxygen atoms in total. The molecule has 0 spiro atoms. The normalized spacial score (nSPS) is 12.3. The van der Waals surface area contributed by atoms with E-state index in [0.717, 1.165) is 81.4 Å². The fourth-order valence-corrected chi connectivity index (χ4v) is 9.03. The van der Waals surface area contributed by atoms with Crippen molar-refractivity contribution in [3.05, 3.63) is 176 Å². The molecule has 0 aliphatic carbocycles. The summed E-state index contributed by atoms with van der Waals surface area (Å²) in [6.45, 7) is 0. The van der Waals surface area contributed by atoms with Gasteiger partial charge in [0.2, 0.25) is 0 Å². The summed E-state index contributed by atoms with van der Waals surface area (Å²) in [6.07, 6.45) is 1.89. The van der Waals surface area contributed by atoms with Crippen LogP contribution in [0, 0.1) is 0 Å². The Balaban J connectivity index is 1.20. The number of nitrogens with zero attached hydrogens (tertiary/aromatic N) is 5. The molecule has 0 radical (unpaired) electrons. The fraction of sp³-hybridized carbons (Fsp3) is 0. The number of pyridine rings is 1. The molecule has 11 rings (SSSR count). The number of hydrogen-bond donors (Lipinski definition) is 0. The van der Waals surface area contributed by atoms with Gasteiger partial charge in [-0.1, -0.05) is 145 Å². The predicted molar refractivity (Wildman–Crippen MR) is 223 cm³/mol. The van der Waals surface area contributed by atoms with Gasteiger partial charge in [0.1, 0.15) is 0 Å². The highest BCUT2D eigenvalue weighted by atomic mass is 32.2. The van der Waals surface area contributed by atoms with Crippen molar-refractivity contribution >= 4 is 72.0 Å². The summed E-state index contributed by atoms with van der Waals surface area (Å²) in [7, 11) is 0. The predicted octanol–water partition coefficient (Wildman–Crippen LogP) is 12.8. The maximum absolute atomic E-state index is 5.32. The van der Waals surface area contributed by atoms with Crippen molar-refractivity contribution in [2.75, 3.05) is 4.90 Å². The lowest BCUT2D eigenvalue weighted by atomic mass is 10.0. The molecule has 0 bridgehead atoms. The lowest BCUT2D eigenvalue weighted by molar-refractivity contribution is 1.07. The molecule has 0 amide bonds. The Hall–Kier alpha value is -6.89. The van der Waals surface area contributed by atoms with E-state index in [4.69, 9.17) is 19.9 Å². The summed E-state index contributed by atoms with van der Waals surface area (Å²) in [5.41, 5.74) is 7.05. The van der Waals surface area contributed by atoms with Crippen molar-refractivity contribution < 1.29 is 0 Å². The van der Waals surface area contributed by atoms with E-state index in [-0.39, 0.29) is 0 Å². The van der Waals surface area contributed by atoms with E-state index in [9.17, 15) is 0 Å². The zero-order valence-corrected chi connectivity index (χ0v) is 29.7. The molecule has 0 atom stereocenters. The second-order valence-electron chi connectivity index (χ2n) is 13.4. The summed E-state index contributed by atoms with van der Waals surface area (Å²) in [4.78, 5) is 25.5. The number of anilines is 3. The monoisotopic (exact) mass is 707 g/mol. The highest BCUT2D eigenvalue weighted by Crippen LogP contribution is 2.56. The molecule has 0 saturated heterocycles. The maximum Gasteiger partial charge on any atom is 0.165 e. The summed E-state index contributed by atoms with van der Waals surface area (Å²) in [5.74, 6) is 1.90. The third-order valence-corrected chi connectivity index (χ3v) is 11.5. The van der Waals surface area contributed by atoms with Gasteiger partial charge in [-0.05, 0) is 63.3 Å². The van der Waals surface area contributed by atoms with Crippen LogP contribution in [0.25, 0.3) is 77.4 Å². The smallest absolute Gasteiger partial charge is 0.165 e. The second-order valence-corrected chi connectivity index (χ2v) is 14.5. The van der Waals surface area contributed by atoms with E-state index < -0.39 is 0 Å². The first-order valence-electron chi connectivity index (χ1n) is 18.0. The molecule has 8 aromatic carbocycles.